The molecule has 5 heteroatoms. The van der Waals surface area contributed by atoms with Gasteiger partial charge in [-0.25, -0.2) is 4.79 Å². The van der Waals surface area contributed by atoms with E-state index in [1.54, 1.807) is 6.08 Å². The van der Waals surface area contributed by atoms with Crippen LogP contribution in [0.5, 0.6) is 0 Å². The van der Waals surface area contributed by atoms with Gasteiger partial charge in [-0.1, -0.05) is 160 Å². The van der Waals surface area contributed by atoms with Crippen LogP contribution in [-0.2, 0) is 19.1 Å². The van der Waals surface area contributed by atoms with Crippen LogP contribution in [0.3, 0.4) is 0 Å². The van der Waals surface area contributed by atoms with E-state index in [-0.39, 0.29) is 18.0 Å². The van der Waals surface area contributed by atoms with Crippen molar-refractivity contribution in [1.82, 2.24) is 4.90 Å². The Kier molecular flexibility index (Phi) is 39.8. The Morgan fingerprint density at radius 3 is 1.62 bits per heavy atom. The molecule has 0 bridgehead atoms. The van der Waals surface area contributed by atoms with Gasteiger partial charge in [0.25, 0.3) is 0 Å². The number of allylic oxidation sites excluding steroid dienone is 5. The second-order valence-electron chi connectivity index (χ2n) is 15.9. The van der Waals surface area contributed by atoms with E-state index in [0.29, 0.717) is 13.0 Å². The molecule has 5 nitrogen and oxygen atoms in total. The summed E-state index contributed by atoms with van der Waals surface area (Å²) in [5.41, 5.74) is 1.26. The van der Waals surface area contributed by atoms with Gasteiger partial charge in [0.15, 0.2) is 0 Å². The molecule has 0 aromatic rings. The highest BCUT2D eigenvalue weighted by Crippen LogP contribution is 2.19. The Balaban J connectivity index is 4.16. The SMILES string of the molecule is CCCCC/C=C\C/C=C\CCCCCCCCC(CCCCCCCCCOC(=O)/C=C(\CCC)CCCCCCCC)OC(=O)CCCN(C)C. The fraction of sp³-hybridized carbons (Fsp3) is 0.833. The van der Waals surface area contributed by atoms with Crippen LogP contribution in [0.25, 0.3) is 0 Å². The maximum Gasteiger partial charge on any atom is 0.330 e. The Labute approximate surface area is 330 Å². The van der Waals surface area contributed by atoms with Gasteiger partial charge in [-0.3, -0.25) is 4.79 Å². The minimum atomic E-state index is -0.150. The third-order valence-corrected chi connectivity index (χ3v) is 10.2. The zero-order chi connectivity index (χ0) is 38.9. The first-order valence-electron chi connectivity index (χ1n) is 22.9. The number of hydrogen-bond acceptors (Lipinski definition) is 5. The molecule has 0 aliphatic rings. The first-order chi connectivity index (χ1) is 25.9. The van der Waals surface area contributed by atoms with E-state index >= 15 is 0 Å². The first-order valence-corrected chi connectivity index (χ1v) is 22.9. The van der Waals surface area contributed by atoms with Gasteiger partial charge >= 0.3 is 11.9 Å². The molecular weight excluding hydrogens is 655 g/mol. The molecule has 0 aromatic heterocycles. The average Bonchev–Trinajstić information content (AvgIpc) is 3.13. The minimum absolute atomic E-state index is 0.0209. The Morgan fingerprint density at radius 2 is 1.04 bits per heavy atom. The predicted octanol–water partition coefficient (Wildman–Crippen LogP) is 14.6. The number of unbranched alkanes of at least 4 members (excludes halogenated alkanes) is 20. The van der Waals surface area contributed by atoms with Crippen molar-refractivity contribution in [2.45, 2.75) is 232 Å². The van der Waals surface area contributed by atoms with Gasteiger partial charge < -0.3 is 14.4 Å². The summed E-state index contributed by atoms with van der Waals surface area (Å²) in [6.07, 6.45) is 48.4. The highest BCUT2D eigenvalue weighted by atomic mass is 16.5. The monoisotopic (exact) mass is 744 g/mol. The molecule has 1 unspecified atom stereocenters. The number of carbonyl (C=O) groups is 2. The number of ether oxygens (including phenoxy) is 2. The molecule has 310 valence electrons. The number of hydrogen-bond donors (Lipinski definition) is 0. The number of esters is 2. The Bertz CT molecular complexity index is 892. The zero-order valence-corrected chi connectivity index (χ0v) is 36.1. The van der Waals surface area contributed by atoms with Gasteiger partial charge in [0.2, 0.25) is 0 Å². The zero-order valence-electron chi connectivity index (χ0n) is 36.1. The topological polar surface area (TPSA) is 55.8 Å². The number of carbonyl (C=O) groups excluding carboxylic acids is 2. The van der Waals surface area contributed by atoms with Gasteiger partial charge in [-0.2, -0.15) is 0 Å². The summed E-state index contributed by atoms with van der Waals surface area (Å²) in [5.74, 6) is -0.171. The van der Waals surface area contributed by atoms with Crippen LogP contribution in [0.4, 0.5) is 0 Å². The molecule has 0 aliphatic heterocycles. The minimum Gasteiger partial charge on any atom is -0.463 e. The lowest BCUT2D eigenvalue weighted by molar-refractivity contribution is -0.150. The van der Waals surface area contributed by atoms with Crippen LogP contribution in [0.1, 0.15) is 226 Å². The summed E-state index contributed by atoms with van der Waals surface area (Å²) in [6, 6.07) is 0. The summed E-state index contributed by atoms with van der Waals surface area (Å²) in [7, 11) is 4.10. The van der Waals surface area contributed by atoms with Gasteiger partial charge in [0, 0.05) is 12.5 Å². The largest absolute Gasteiger partial charge is 0.463 e. The molecular formula is C48H89NO4. The molecule has 0 fully saturated rings. The number of rotatable bonds is 40. The maximum absolute atomic E-state index is 12.6. The third kappa shape index (κ3) is 39.6. The van der Waals surface area contributed by atoms with Crippen LogP contribution < -0.4 is 0 Å². The Hall–Kier alpha value is -1.88. The lowest BCUT2D eigenvalue weighted by Crippen LogP contribution is -2.20. The smallest absolute Gasteiger partial charge is 0.330 e. The van der Waals surface area contributed by atoms with Crippen LogP contribution in [0.2, 0.25) is 0 Å². The summed E-state index contributed by atoms with van der Waals surface area (Å²) < 4.78 is 11.6. The molecule has 0 aromatic carbocycles. The predicted molar refractivity (Wildman–Crippen MR) is 231 cm³/mol. The van der Waals surface area contributed by atoms with Gasteiger partial charge in [0.05, 0.1) is 6.61 Å². The molecule has 0 aliphatic carbocycles. The Morgan fingerprint density at radius 1 is 0.528 bits per heavy atom. The first kappa shape index (κ1) is 51.1. The second kappa shape index (κ2) is 41.3. The summed E-state index contributed by atoms with van der Waals surface area (Å²) in [6.45, 7) is 8.14. The number of nitrogens with zero attached hydrogens (tertiary/aromatic N) is 1. The van der Waals surface area contributed by atoms with E-state index < -0.39 is 0 Å². The van der Waals surface area contributed by atoms with Crippen molar-refractivity contribution < 1.29 is 19.1 Å². The van der Waals surface area contributed by atoms with Crippen LogP contribution in [0, 0.1) is 0 Å². The molecule has 0 radical (unpaired) electrons. The van der Waals surface area contributed by atoms with E-state index in [9.17, 15) is 9.59 Å². The summed E-state index contributed by atoms with van der Waals surface area (Å²) in [4.78, 5) is 27.1. The van der Waals surface area contributed by atoms with Crippen LogP contribution in [-0.4, -0.2) is 50.2 Å². The van der Waals surface area contributed by atoms with Crippen molar-refractivity contribution >= 4 is 11.9 Å². The fourth-order valence-corrected chi connectivity index (χ4v) is 6.87. The molecule has 1 atom stereocenters. The molecule has 0 spiro atoms. The van der Waals surface area contributed by atoms with Crippen LogP contribution >= 0.6 is 0 Å². The van der Waals surface area contributed by atoms with Crippen molar-refractivity contribution in [3.05, 3.63) is 36.0 Å². The average molecular weight is 744 g/mol. The van der Waals surface area contributed by atoms with E-state index in [4.69, 9.17) is 9.47 Å². The van der Waals surface area contributed by atoms with Crippen molar-refractivity contribution in [2.24, 2.45) is 0 Å². The van der Waals surface area contributed by atoms with Crippen molar-refractivity contribution in [3.63, 3.8) is 0 Å². The van der Waals surface area contributed by atoms with Crippen molar-refractivity contribution in [2.75, 3.05) is 27.2 Å². The fourth-order valence-electron chi connectivity index (χ4n) is 6.87. The van der Waals surface area contributed by atoms with Gasteiger partial charge in [-0.05, 0) is 111 Å². The second-order valence-corrected chi connectivity index (χ2v) is 15.9. The lowest BCUT2D eigenvalue weighted by Gasteiger charge is -2.18. The van der Waals surface area contributed by atoms with E-state index in [0.717, 1.165) is 77.2 Å². The summed E-state index contributed by atoms with van der Waals surface area (Å²) >= 11 is 0. The third-order valence-electron chi connectivity index (χ3n) is 10.2. The molecule has 0 N–H and O–H groups in total. The molecule has 0 rings (SSSR count). The maximum atomic E-state index is 12.6. The van der Waals surface area contributed by atoms with Crippen molar-refractivity contribution in [1.29, 1.82) is 0 Å². The van der Waals surface area contributed by atoms with Gasteiger partial charge in [0.1, 0.15) is 6.10 Å². The quantitative estimate of drug-likeness (QED) is 0.0271. The molecule has 0 saturated heterocycles. The van der Waals surface area contributed by atoms with E-state index in [1.165, 1.54) is 134 Å². The molecule has 0 heterocycles. The van der Waals surface area contributed by atoms with Gasteiger partial charge in [-0.15, -0.1) is 0 Å². The van der Waals surface area contributed by atoms with Crippen LogP contribution in [0.15, 0.2) is 36.0 Å². The van der Waals surface area contributed by atoms with E-state index in [2.05, 4.69) is 50.0 Å². The van der Waals surface area contributed by atoms with E-state index in [1.807, 2.05) is 14.1 Å². The summed E-state index contributed by atoms with van der Waals surface area (Å²) in [5, 5.41) is 0. The molecule has 53 heavy (non-hydrogen) atoms. The highest BCUT2D eigenvalue weighted by Gasteiger charge is 2.14. The lowest BCUT2D eigenvalue weighted by atomic mass is 10.0. The highest BCUT2D eigenvalue weighted by molar-refractivity contribution is 5.82. The standard InChI is InChI=1S/C48H89NO4/c1-6-9-11-13-15-16-17-18-19-20-21-22-23-25-29-33-39-46(53-47(50)41-36-42-49(4)5)40-34-30-26-24-27-31-35-43-52-48(51)44-45(37-8-3)38-32-28-14-12-10-7-2/h15-16,18-19,44,46H,6-14,17,20-43H2,1-5H3/b16-15-,19-18-,45-44+. The molecule has 0 amide bonds. The van der Waals surface area contributed by atoms with Crippen molar-refractivity contribution in [3.8, 4) is 0 Å². The molecule has 0 saturated carbocycles. The normalized spacial score (nSPS) is 12.8.